The number of likely N-dealkylation sites (N-methyl/N-ethyl adjacent to an activating group) is 1. The summed E-state index contributed by atoms with van der Waals surface area (Å²) < 4.78 is 0. The van der Waals surface area contributed by atoms with Crippen molar-refractivity contribution < 1.29 is 0 Å². The van der Waals surface area contributed by atoms with Gasteiger partial charge in [0, 0.05) is 23.9 Å². The topological polar surface area (TPSA) is 49.0 Å². The van der Waals surface area contributed by atoms with Gasteiger partial charge in [-0.2, -0.15) is 0 Å². The number of nitrogens with one attached hydrogen (secondary N) is 3. The van der Waals surface area contributed by atoms with Gasteiger partial charge in [-0.1, -0.05) is 43.7 Å². The highest BCUT2D eigenvalue weighted by Crippen LogP contribution is 2.17. The van der Waals surface area contributed by atoms with Gasteiger partial charge in [0.05, 0.1) is 30.2 Å². The van der Waals surface area contributed by atoms with Gasteiger partial charge in [0.2, 0.25) is 0 Å². The van der Waals surface area contributed by atoms with Crippen molar-refractivity contribution >= 4 is 17.3 Å². The van der Waals surface area contributed by atoms with Crippen molar-refractivity contribution in [3.8, 4) is 0 Å². The van der Waals surface area contributed by atoms with Crippen molar-refractivity contribution in [3.63, 3.8) is 0 Å². The first-order valence-corrected chi connectivity index (χ1v) is 8.66. The Morgan fingerprint density at radius 1 is 1.42 bits per heavy atom. The molecule has 1 rings (SSSR count). The highest BCUT2D eigenvalue weighted by atomic mass is 35.5. The zero-order valence-corrected chi connectivity index (χ0v) is 15.9. The number of unbranched alkanes of at least 4 members (excludes halogenated alkanes) is 1. The third-order valence-corrected chi connectivity index (χ3v) is 3.94. The van der Waals surface area contributed by atoms with E-state index in [9.17, 15) is 0 Å². The maximum atomic E-state index is 6.18. The molecule has 0 aromatic carbocycles. The van der Waals surface area contributed by atoms with Crippen LogP contribution < -0.4 is 16.0 Å². The fraction of sp³-hybridized carbons (Fsp3) is 0.421. The Morgan fingerprint density at radius 3 is 2.71 bits per heavy atom. The molecule has 1 atom stereocenters. The Morgan fingerprint density at radius 2 is 2.17 bits per heavy atom. The fourth-order valence-corrected chi connectivity index (χ4v) is 2.50. The van der Waals surface area contributed by atoms with Crippen molar-refractivity contribution in [1.29, 1.82) is 0 Å². The largest absolute Gasteiger partial charge is 0.387 e. The van der Waals surface area contributed by atoms with Crippen LogP contribution in [0.2, 0.25) is 0 Å². The summed E-state index contributed by atoms with van der Waals surface area (Å²) in [6.45, 7) is 8.73. The molecule has 0 radical (unpaired) electrons. The van der Waals surface area contributed by atoms with Gasteiger partial charge in [-0.05, 0) is 32.0 Å². The minimum atomic E-state index is 0.0374. The molecule has 0 saturated carbocycles. The molecule has 0 bridgehead atoms. The lowest BCUT2D eigenvalue weighted by atomic mass is 10.1. The molecule has 0 spiro atoms. The molecule has 0 aliphatic heterocycles. The maximum absolute atomic E-state index is 6.18. The van der Waals surface area contributed by atoms with Crippen molar-refractivity contribution in [3.05, 3.63) is 59.1 Å². The molecule has 5 heteroatoms. The SMILES string of the molecule is C=C(Cl)/C(=C/NCc1cc(C)c(NC)cn1)C(/C=C\CCC)NC. The molecule has 1 aromatic heterocycles. The summed E-state index contributed by atoms with van der Waals surface area (Å²) >= 11 is 6.18. The second kappa shape index (κ2) is 10.9. The van der Waals surface area contributed by atoms with Crippen molar-refractivity contribution in [2.45, 2.75) is 39.3 Å². The summed E-state index contributed by atoms with van der Waals surface area (Å²) in [5.41, 5.74) is 4.12. The van der Waals surface area contributed by atoms with Gasteiger partial charge in [0.1, 0.15) is 0 Å². The zero-order valence-electron chi connectivity index (χ0n) is 15.1. The molecular weight excluding hydrogens is 320 g/mol. The average molecular weight is 349 g/mol. The predicted molar refractivity (Wildman–Crippen MR) is 105 cm³/mol. The van der Waals surface area contributed by atoms with Gasteiger partial charge in [0.15, 0.2) is 0 Å². The highest BCUT2D eigenvalue weighted by molar-refractivity contribution is 6.31. The minimum absolute atomic E-state index is 0.0374. The maximum Gasteiger partial charge on any atom is 0.0598 e. The number of hydrogen-bond donors (Lipinski definition) is 3. The van der Waals surface area contributed by atoms with E-state index in [1.165, 1.54) is 5.56 Å². The Kier molecular flexibility index (Phi) is 9.20. The zero-order chi connectivity index (χ0) is 17.9. The smallest absolute Gasteiger partial charge is 0.0598 e. The van der Waals surface area contributed by atoms with E-state index in [1.54, 1.807) is 0 Å². The van der Waals surface area contributed by atoms with Crippen molar-refractivity contribution in [1.82, 2.24) is 15.6 Å². The summed E-state index contributed by atoms with van der Waals surface area (Å²) in [6, 6.07) is 2.11. The van der Waals surface area contributed by atoms with E-state index in [0.29, 0.717) is 11.6 Å². The number of aromatic nitrogens is 1. The summed E-state index contributed by atoms with van der Waals surface area (Å²) in [5, 5.41) is 10.2. The van der Waals surface area contributed by atoms with Crippen LogP contribution in [-0.4, -0.2) is 25.1 Å². The van der Waals surface area contributed by atoms with Crippen molar-refractivity contribution in [2.24, 2.45) is 0 Å². The summed E-state index contributed by atoms with van der Waals surface area (Å²) in [7, 11) is 3.81. The molecule has 0 saturated heterocycles. The third kappa shape index (κ3) is 6.38. The van der Waals surface area contributed by atoms with E-state index in [1.807, 2.05) is 26.5 Å². The standard InChI is InChI=1S/C19H29ClN4/c1-6-7-8-9-18(21-4)17(15(3)20)12-23-11-16-10-14(2)19(22-5)13-24-16/h8-10,12-13,18,21-23H,3,6-7,11H2,1-2,4-5H3/b9-8-,17-12-. The second-order valence-corrected chi connectivity index (χ2v) is 6.07. The molecule has 24 heavy (non-hydrogen) atoms. The van der Waals surface area contributed by atoms with Gasteiger partial charge >= 0.3 is 0 Å². The molecule has 4 nitrogen and oxygen atoms in total. The second-order valence-electron chi connectivity index (χ2n) is 5.61. The van der Waals surface area contributed by atoms with Crippen LogP contribution >= 0.6 is 11.6 Å². The van der Waals surface area contributed by atoms with Crippen LogP contribution in [0, 0.1) is 6.92 Å². The molecule has 1 aromatic rings. The number of anilines is 1. The van der Waals surface area contributed by atoms with Gasteiger partial charge in [-0.3, -0.25) is 4.98 Å². The number of nitrogens with zero attached hydrogens (tertiary/aromatic N) is 1. The van der Waals surface area contributed by atoms with E-state index in [2.05, 4.69) is 59.6 Å². The van der Waals surface area contributed by atoms with E-state index in [-0.39, 0.29) is 6.04 Å². The van der Waals surface area contributed by atoms with Crippen LogP contribution in [0.4, 0.5) is 5.69 Å². The number of aryl methyl sites for hydroxylation is 1. The number of halogens is 1. The number of allylic oxidation sites excluding steroid dienone is 1. The molecule has 1 heterocycles. The van der Waals surface area contributed by atoms with Crippen molar-refractivity contribution in [2.75, 3.05) is 19.4 Å². The van der Waals surface area contributed by atoms with Crippen LogP contribution in [-0.2, 0) is 6.54 Å². The highest BCUT2D eigenvalue weighted by Gasteiger charge is 2.11. The van der Waals surface area contributed by atoms with Crippen LogP contribution in [0.5, 0.6) is 0 Å². The molecular formula is C19H29ClN4. The predicted octanol–water partition coefficient (Wildman–Crippen LogP) is 4.10. The Labute approximate surface area is 151 Å². The van der Waals surface area contributed by atoms with Crippen LogP contribution in [0.15, 0.2) is 47.8 Å². The Bertz CT molecular complexity index is 593. The van der Waals surface area contributed by atoms with E-state index >= 15 is 0 Å². The number of hydrogen-bond acceptors (Lipinski definition) is 4. The number of rotatable bonds is 10. The lowest BCUT2D eigenvalue weighted by Gasteiger charge is -2.16. The van der Waals surface area contributed by atoms with E-state index in [4.69, 9.17) is 11.6 Å². The lowest BCUT2D eigenvalue weighted by Crippen LogP contribution is -2.26. The first-order valence-electron chi connectivity index (χ1n) is 8.28. The van der Waals surface area contributed by atoms with E-state index < -0.39 is 0 Å². The Hall–Kier alpha value is -1.78. The molecule has 3 N–H and O–H groups in total. The lowest BCUT2D eigenvalue weighted by molar-refractivity contribution is 0.740. The quantitative estimate of drug-likeness (QED) is 0.440. The monoisotopic (exact) mass is 348 g/mol. The van der Waals surface area contributed by atoms with Crippen LogP contribution in [0.3, 0.4) is 0 Å². The van der Waals surface area contributed by atoms with E-state index in [0.717, 1.165) is 29.8 Å². The van der Waals surface area contributed by atoms with Gasteiger partial charge in [0.25, 0.3) is 0 Å². The molecule has 0 amide bonds. The van der Waals surface area contributed by atoms with Crippen LogP contribution in [0.1, 0.15) is 31.0 Å². The summed E-state index contributed by atoms with van der Waals surface area (Å²) in [4.78, 5) is 4.44. The first-order chi connectivity index (χ1) is 11.5. The fourth-order valence-electron chi connectivity index (χ4n) is 2.33. The van der Waals surface area contributed by atoms with Gasteiger partial charge < -0.3 is 16.0 Å². The average Bonchev–Trinajstić information content (AvgIpc) is 2.56. The molecule has 0 fully saturated rings. The summed E-state index contributed by atoms with van der Waals surface area (Å²) in [5.74, 6) is 0. The first kappa shape index (κ1) is 20.3. The minimum Gasteiger partial charge on any atom is -0.387 e. The Balaban J connectivity index is 2.78. The number of pyridine rings is 1. The normalized spacial score (nSPS) is 13.1. The summed E-state index contributed by atoms with van der Waals surface area (Å²) in [6.07, 6.45) is 10.2. The molecule has 132 valence electrons. The van der Waals surface area contributed by atoms with Gasteiger partial charge in [-0.15, -0.1) is 0 Å². The molecule has 1 unspecified atom stereocenters. The van der Waals surface area contributed by atoms with Crippen LogP contribution in [0.25, 0.3) is 0 Å². The third-order valence-electron chi connectivity index (χ3n) is 3.72. The van der Waals surface area contributed by atoms with Gasteiger partial charge in [-0.25, -0.2) is 0 Å². The molecule has 0 aliphatic carbocycles. The molecule has 0 aliphatic rings.